The van der Waals surface area contributed by atoms with E-state index in [9.17, 15) is 8.42 Å². The smallest absolute Gasteiger partial charge is 0.263 e. The Bertz CT molecular complexity index is 458. The Kier molecular flexibility index (Phi) is 2.57. The molecule has 1 aromatic rings. The van der Waals surface area contributed by atoms with Crippen LogP contribution in [0.4, 0.5) is 0 Å². The summed E-state index contributed by atoms with van der Waals surface area (Å²) in [6.07, 6.45) is 0. The Hall–Kier alpha value is -0.510. The van der Waals surface area contributed by atoms with Crippen LogP contribution in [0.25, 0.3) is 0 Å². The molecule has 1 saturated heterocycles. The molecule has 0 amide bonds. The van der Waals surface area contributed by atoms with Gasteiger partial charge in [0.15, 0.2) is 4.60 Å². The van der Waals surface area contributed by atoms with Crippen molar-refractivity contribution in [3.05, 3.63) is 4.60 Å². The first kappa shape index (κ1) is 11.0. The first-order chi connectivity index (χ1) is 6.93. The van der Waals surface area contributed by atoms with Crippen LogP contribution in [0, 0.1) is 0 Å². The molecule has 2 rings (SSSR count). The molecule has 15 heavy (non-hydrogen) atoms. The molecule has 9 heteroatoms. The standard InChI is InChI=1S/C6H10BrN5O2S/c1-11-6(5(7)9-10-11)15(13,14)12-2-4(8)3-12/h4H,2-3,8H2,1H3. The van der Waals surface area contributed by atoms with E-state index in [0.717, 1.165) is 0 Å². The summed E-state index contributed by atoms with van der Waals surface area (Å²) in [4.78, 5) is 0. The van der Waals surface area contributed by atoms with Crippen LogP contribution in [-0.2, 0) is 17.1 Å². The summed E-state index contributed by atoms with van der Waals surface area (Å²) in [5.74, 6) is 0. The van der Waals surface area contributed by atoms with Gasteiger partial charge in [-0.3, -0.25) is 0 Å². The summed E-state index contributed by atoms with van der Waals surface area (Å²) < 4.78 is 26.8. The highest BCUT2D eigenvalue weighted by molar-refractivity contribution is 9.10. The van der Waals surface area contributed by atoms with Gasteiger partial charge in [0.05, 0.1) is 0 Å². The van der Waals surface area contributed by atoms with Crippen molar-refractivity contribution in [3.8, 4) is 0 Å². The zero-order chi connectivity index (χ0) is 11.2. The minimum absolute atomic E-state index is 0.0643. The Morgan fingerprint density at radius 3 is 2.53 bits per heavy atom. The van der Waals surface area contributed by atoms with Gasteiger partial charge in [-0.1, -0.05) is 5.21 Å². The molecule has 0 radical (unpaired) electrons. The highest BCUT2D eigenvalue weighted by atomic mass is 79.9. The summed E-state index contributed by atoms with van der Waals surface area (Å²) in [5.41, 5.74) is 5.54. The maximum Gasteiger partial charge on any atom is 0.263 e. The van der Waals surface area contributed by atoms with Crippen LogP contribution in [0.5, 0.6) is 0 Å². The third kappa shape index (κ3) is 1.69. The summed E-state index contributed by atoms with van der Waals surface area (Å²) in [7, 11) is -1.98. The SMILES string of the molecule is Cn1nnc(Br)c1S(=O)(=O)N1CC(N)C1. The zero-order valence-electron chi connectivity index (χ0n) is 7.96. The van der Waals surface area contributed by atoms with Crippen molar-refractivity contribution in [3.63, 3.8) is 0 Å². The maximum absolute atomic E-state index is 12.0. The van der Waals surface area contributed by atoms with Gasteiger partial charge in [0.25, 0.3) is 10.0 Å². The molecule has 0 aromatic carbocycles. The normalized spacial score (nSPS) is 19.1. The van der Waals surface area contributed by atoms with Crippen LogP contribution < -0.4 is 5.73 Å². The van der Waals surface area contributed by atoms with Gasteiger partial charge in [-0.15, -0.1) is 5.10 Å². The minimum Gasteiger partial charge on any atom is -0.325 e. The summed E-state index contributed by atoms with van der Waals surface area (Å²) in [6.45, 7) is 0.694. The van der Waals surface area contributed by atoms with Crippen molar-refractivity contribution >= 4 is 26.0 Å². The third-order valence-electron chi connectivity index (χ3n) is 2.20. The Morgan fingerprint density at radius 1 is 1.53 bits per heavy atom. The van der Waals surface area contributed by atoms with E-state index in [1.807, 2.05) is 0 Å². The van der Waals surface area contributed by atoms with E-state index in [4.69, 9.17) is 5.73 Å². The van der Waals surface area contributed by atoms with E-state index in [1.165, 1.54) is 16.0 Å². The van der Waals surface area contributed by atoms with Crippen molar-refractivity contribution in [2.24, 2.45) is 12.8 Å². The van der Waals surface area contributed by atoms with Crippen molar-refractivity contribution in [1.82, 2.24) is 19.3 Å². The second kappa shape index (κ2) is 3.51. The second-order valence-corrected chi connectivity index (χ2v) is 6.00. The number of rotatable bonds is 2. The Balaban J connectivity index is 2.38. The highest BCUT2D eigenvalue weighted by Crippen LogP contribution is 2.24. The van der Waals surface area contributed by atoms with Gasteiger partial charge in [-0.05, 0) is 15.9 Å². The monoisotopic (exact) mass is 295 g/mol. The summed E-state index contributed by atoms with van der Waals surface area (Å²) in [6, 6.07) is -0.0697. The van der Waals surface area contributed by atoms with Gasteiger partial charge in [0.1, 0.15) is 0 Å². The third-order valence-corrected chi connectivity index (χ3v) is 4.92. The van der Waals surface area contributed by atoms with Gasteiger partial charge >= 0.3 is 0 Å². The van der Waals surface area contributed by atoms with Gasteiger partial charge in [-0.25, -0.2) is 13.1 Å². The molecule has 2 heterocycles. The van der Waals surface area contributed by atoms with E-state index in [0.29, 0.717) is 13.1 Å². The summed E-state index contributed by atoms with van der Waals surface area (Å²) in [5, 5.41) is 7.32. The average molecular weight is 296 g/mol. The van der Waals surface area contributed by atoms with E-state index in [-0.39, 0.29) is 15.7 Å². The molecule has 0 saturated carbocycles. The van der Waals surface area contributed by atoms with Crippen molar-refractivity contribution in [2.75, 3.05) is 13.1 Å². The quantitative estimate of drug-likeness (QED) is 0.748. The lowest BCUT2D eigenvalue weighted by Crippen LogP contribution is -2.57. The van der Waals surface area contributed by atoms with Crippen molar-refractivity contribution in [2.45, 2.75) is 11.1 Å². The average Bonchev–Trinajstić information content (AvgIpc) is 2.41. The van der Waals surface area contributed by atoms with E-state index >= 15 is 0 Å². The molecule has 1 aliphatic heterocycles. The molecule has 7 nitrogen and oxygen atoms in total. The van der Waals surface area contributed by atoms with Crippen LogP contribution in [0.2, 0.25) is 0 Å². The molecular formula is C6H10BrN5O2S. The molecule has 0 atom stereocenters. The van der Waals surface area contributed by atoms with Gasteiger partial charge in [0, 0.05) is 26.2 Å². The van der Waals surface area contributed by atoms with Gasteiger partial charge in [0.2, 0.25) is 5.03 Å². The molecule has 84 valence electrons. The van der Waals surface area contributed by atoms with Crippen LogP contribution in [-0.4, -0.2) is 46.8 Å². The molecule has 0 unspecified atom stereocenters. The number of aryl methyl sites for hydroxylation is 1. The van der Waals surface area contributed by atoms with E-state index in [2.05, 4.69) is 26.2 Å². The maximum atomic E-state index is 12.0. The molecule has 1 fully saturated rings. The number of aromatic nitrogens is 3. The number of hydrogen-bond donors (Lipinski definition) is 1. The van der Waals surface area contributed by atoms with Gasteiger partial charge < -0.3 is 5.73 Å². The number of nitrogens with two attached hydrogens (primary N) is 1. The van der Waals surface area contributed by atoms with E-state index < -0.39 is 10.0 Å². The molecule has 1 aromatic heterocycles. The predicted octanol–water partition coefficient (Wildman–Crippen LogP) is -1.09. The fourth-order valence-electron chi connectivity index (χ4n) is 1.38. The first-order valence-electron chi connectivity index (χ1n) is 4.24. The van der Waals surface area contributed by atoms with E-state index in [1.54, 1.807) is 0 Å². The Labute approximate surface area is 95.4 Å². The molecule has 1 aliphatic rings. The second-order valence-electron chi connectivity index (χ2n) is 3.39. The lowest BCUT2D eigenvalue weighted by Gasteiger charge is -2.35. The van der Waals surface area contributed by atoms with Crippen LogP contribution in [0.3, 0.4) is 0 Å². The molecule has 2 N–H and O–H groups in total. The highest BCUT2D eigenvalue weighted by Gasteiger charge is 2.38. The number of halogens is 1. The number of nitrogens with zero attached hydrogens (tertiary/aromatic N) is 4. The van der Waals surface area contributed by atoms with Crippen LogP contribution >= 0.6 is 15.9 Å². The van der Waals surface area contributed by atoms with Crippen LogP contribution in [0.15, 0.2) is 9.63 Å². The minimum atomic E-state index is -3.51. The Morgan fingerprint density at radius 2 is 2.13 bits per heavy atom. The lowest BCUT2D eigenvalue weighted by atomic mass is 10.2. The van der Waals surface area contributed by atoms with Gasteiger partial charge in [-0.2, -0.15) is 4.31 Å². The van der Waals surface area contributed by atoms with Crippen molar-refractivity contribution in [1.29, 1.82) is 0 Å². The largest absolute Gasteiger partial charge is 0.325 e. The number of sulfonamides is 1. The lowest BCUT2D eigenvalue weighted by molar-refractivity contribution is 0.263. The molecular weight excluding hydrogens is 286 g/mol. The fourth-order valence-corrected chi connectivity index (χ4v) is 3.97. The number of hydrogen-bond acceptors (Lipinski definition) is 5. The van der Waals surface area contributed by atoms with Crippen molar-refractivity contribution < 1.29 is 8.42 Å². The fraction of sp³-hybridized carbons (Fsp3) is 0.667. The topological polar surface area (TPSA) is 94.1 Å². The van der Waals surface area contributed by atoms with Crippen LogP contribution in [0.1, 0.15) is 0 Å². The molecule has 0 aliphatic carbocycles. The zero-order valence-corrected chi connectivity index (χ0v) is 10.4. The molecule has 0 spiro atoms. The predicted molar refractivity (Wildman–Crippen MR) is 55.4 cm³/mol. The first-order valence-corrected chi connectivity index (χ1v) is 6.47. The molecule has 0 bridgehead atoms. The summed E-state index contributed by atoms with van der Waals surface area (Å²) >= 11 is 3.06.